The van der Waals surface area contributed by atoms with E-state index in [1.54, 1.807) is 12.1 Å². The van der Waals surface area contributed by atoms with E-state index in [1.807, 2.05) is 73.7 Å². The molecule has 4 aromatic carbocycles. The third kappa shape index (κ3) is 10.5. The number of para-hydroxylation sites is 1. The van der Waals surface area contributed by atoms with Crippen LogP contribution in [0.15, 0.2) is 126 Å². The number of aromatic hydroxyl groups is 2. The minimum atomic E-state index is -4.30. The zero-order valence-corrected chi connectivity index (χ0v) is 31.1. The average molecular weight is 723 g/mol. The first-order chi connectivity index (χ1) is 25.0. The predicted octanol–water partition coefficient (Wildman–Crippen LogP) is 11.1. The summed E-state index contributed by atoms with van der Waals surface area (Å²) in [5, 5.41) is 25.2. The van der Waals surface area contributed by atoms with Gasteiger partial charge in [0.25, 0.3) is 5.91 Å². The molecule has 1 aliphatic rings. The van der Waals surface area contributed by atoms with Gasteiger partial charge in [-0.2, -0.15) is 0 Å². The molecule has 0 unspecified atom stereocenters. The molecule has 0 atom stereocenters. The van der Waals surface area contributed by atoms with Gasteiger partial charge in [-0.1, -0.05) is 102 Å². The number of phenolic OH excluding ortho intramolecular Hbond substituents is 2. The fourth-order valence-corrected chi connectivity index (χ4v) is 6.81. The van der Waals surface area contributed by atoms with Crippen LogP contribution in [-0.2, 0) is 26.8 Å². The molecule has 0 bridgehead atoms. The number of allylic oxidation sites excluding steroid dienone is 5. The van der Waals surface area contributed by atoms with Crippen LogP contribution in [0.3, 0.4) is 0 Å². The fraction of sp³-hybridized carbons (Fsp3) is 0.262. The van der Waals surface area contributed by atoms with Gasteiger partial charge in [0.2, 0.25) is 0 Å². The van der Waals surface area contributed by atoms with Crippen LogP contribution in [0.4, 0.5) is 17.1 Å². The third-order valence-corrected chi connectivity index (χ3v) is 9.88. The lowest BCUT2D eigenvalue weighted by Crippen LogP contribution is -2.30. The summed E-state index contributed by atoms with van der Waals surface area (Å²) in [5.74, 6) is -0.889. The second-order valence-electron chi connectivity index (χ2n) is 13.1. The van der Waals surface area contributed by atoms with Gasteiger partial charge in [0.05, 0.1) is 30.2 Å². The van der Waals surface area contributed by atoms with Crippen LogP contribution in [0.2, 0.25) is 0 Å². The number of nitrogens with zero attached hydrogens (tertiary/aromatic N) is 1. The van der Waals surface area contributed by atoms with Crippen molar-refractivity contribution < 1.29 is 33.1 Å². The van der Waals surface area contributed by atoms with Crippen molar-refractivity contribution in [1.29, 1.82) is 0 Å². The SMILES string of the molecule is CC(C)=CCC/C(C)=C/CC/C(C)=C/CN1C(=O)c2cccc(O)c2Nc2c(O)cc(OP(=O)(OCc3ccccc3)OCc3ccccc3)cc21. The van der Waals surface area contributed by atoms with Crippen LogP contribution in [0, 0.1) is 0 Å². The molecule has 10 heteroatoms. The predicted molar refractivity (Wildman–Crippen MR) is 207 cm³/mol. The Morgan fingerprint density at radius 3 is 1.94 bits per heavy atom. The lowest BCUT2D eigenvalue weighted by molar-refractivity contribution is 0.0990. The van der Waals surface area contributed by atoms with E-state index < -0.39 is 13.7 Å². The topological polar surface area (TPSA) is 118 Å². The zero-order chi connectivity index (χ0) is 37.1. The maximum atomic E-state index is 14.2. The number of nitrogens with one attached hydrogen (secondary N) is 1. The molecule has 52 heavy (non-hydrogen) atoms. The van der Waals surface area contributed by atoms with Crippen molar-refractivity contribution in [2.75, 3.05) is 16.8 Å². The largest absolute Gasteiger partial charge is 0.530 e. The first-order valence-electron chi connectivity index (χ1n) is 17.4. The summed E-state index contributed by atoms with van der Waals surface area (Å²) in [4.78, 5) is 15.6. The lowest BCUT2D eigenvalue weighted by Gasteiger charge is -2.24. The Labute approximate surface area is 306 Å². The number of anilines is 3. The van der Waals surface area contributed by atoms with Gasteiger partial charge in [-0.05, 0) is 76.6 Å². The molecule has 0 saturated heterocycles. The van der Waals surface area contributed by atoms with E-state index in [1.165, 1.54) is 34.2 Å². The Kier molecular flexibility index (Phi) is 13.1. The Balaban J connectivity index is 1.43. The number of rotatable bonds is 16. The van der Waals surface area contributed by atoms with Crippen molar-refractivity contribution >= 4 is 30.8 Å². The molecule has 0 fully saturated rings. The average Bonchev–Trinajstić information content (AvgIpc) is 3.24. The number of carbonyl (C=O) groups excluding carboxylic acids is 1. The molecule has 4 aromatic rings. The summed E-state index contributed by atoms with van der Waals surface area (Å²) >= 11 is 0. The molecule has 0 spiro atoms. The van der Waals surface area contributed by atoms with Gasteiger partial charge in [0, 0.05) is 18.7 Å². The molecule has 0 aliphatic carbocycles. The minimum Gasteiger partial charge on any atom is -0.506 e. The lowest BCUT2D eigenvalue weighted by atomic mass is 10.1. The van der Waals surface area contributed by atoms with E-state index in [0.29, 0.717) is 0 Å². The number of phosphoric acid groups is 1. The third-order valence-electron chi connectivity index (χ3n) is 8.56. The molecule has 5 rings (SSSR count). The number of hydrogen-bond acceptors (Lipinski definition) is 8. The van der Waals surface area contributed by atoms with Crippen molar-refractivity contribution in [3.63, 3.8) is 0 Å². The molecular formula is C42H47N2O7P. The Morgan fingerprint density at radius 2 is 1.33 bits per heavy atom. The summed E-state index contributed by atoms with van der Waals surface area (Å²) in [6.07, 6.45) is 10.2. The van der Waals surface area contributed by atoms with E-state index in [-0.39, 0.29) is 59.6 Å². The molecule has 3 N–H and O–H groups in total. The summed E-state index contributed by atoms with van der Waals surface area (Å²) in [7, 11) is -4.30. The number of hydrogen-bond donors (Lipinski definition) is 3. The highest BCUT2D eigenvalue weighted by atomic mass is 31.2. The number of phosphoric ester groups is 1. The molecule has 1 aliphatic heterocycles. The van der Waals surface area contributed by atoms with Crippen molar-refractivity contribution in [3.8, 4) is 17.2 Å². The maximum Gasteiger partial charge on any atom is 0.530 e. The number of carbonyl (C=O) groups is 1. The normalized spacial score (nSPS) is 13.2. The molecule has 1 amide bonds. The molecule has 0 radical (unpaired) electrons. The van der Waals surface area contributed by atoms with Crippen molar-refractivity contribution in [2.45, 2.75) is 66.6 Å². The number of phenols is 2. The smallest absolute Gasteiger partial charge is 0.506 e. The maximum absolute atomic E-state index is 14.2. The first-order valence-corrected chi connectivity index (χ1v) is 18.9. The highest BCUT2D eigenvalue weighted by Crippen LogP contribution is 2.54. The molecule has 0 aromatic heterocycles. The molecule has 272 valence electrons. The Morgan fingerprint density at radius 1 is 0.731 bits per heavy atom. The first kappa shape index (κ1) is 38.2. The Hall–Kier alpha value is -5.08. The summed E-state index contributed by atoms with van der Waals surface area (Å²) in [6, 6.07) is 25.9. The van der Waals surface area contributed by atoms with E-state index in [9.17, 15) is 19.6 Å². The van der Waals surface area contributed by atoms with Gasteiger partial charge in [-0.15, -0.1) is 0 Å². The van der Waals surface area contributed by atoms with Crippen LogP contribution < -0.4 is 14.7 Å². The van der Waals surface area contributed by atoms with Crippen LogP contribution in [0.5, 0.6) is 17.2 Å². The van der Waals surface area contributed by atoms with Gasteiger partial charge in [0.1, 0.15) is 22.9 Å². The minimum absolute atomic E-state index is 0.0371. The van der Waals surface area contributed by atoms with Crippen molar-refractivity contribution in [3.05, 3.63) is 143 Å². The second kappa shape index (κ2) is 17.9. The highest BCUT2D eigenvalue weighted by molar-refractivity contribution is 7.48. The molecular weight excluding hydrogens is 675 g/mol. The summed E-state index contributed by atoms with van der Waals surface area (Å²) < 4.78 is 31.8. The van der Waals surface area contributed by atoms with E-state index in [0.717, 1.165) is 42.4 Å². The summed E-state index contributed by atoms with van der Waals surface area (Å²) in [5.41, 5.74) is 6.08. The highest BCUT2D eigenvalue weighted by Gasteiger charge is 2.33. The van der Waals surface area contributed by atoms with Gasteiger partial charge in [-0.3, -0.25) is 13.8 Å². The van der Waals surface area contributed by atoms with Gasteiger partial charge >= 0.3 is 7.82 Å². The van der Waals surface area contributed by atoms with Crippen LogP contribution in [-0.4, -0.2) is 22.7 Å². The monoisotopic (exact) mass is 722 g/mol. The molecule has 9 nitrogen and oxygen atoms in total. The Bertz CT molecular complexity index is 1940. The quantitative estimate of drug-likeness (QED) is 0.0594. The van der Waals surface area contributed by atoms with E-state index >= 15 is 0 Å². The second-order valence-corrected chi connectivity index (χ2v) is 14.7. The van der Waals surface area contributed by atoms with Crippen molar-refractivity contribution in [1.82, 2.24) is 0 Å². The van der Waals surface area contributed by atoms with Gasteiger partial charge < -0.3 is 25.0 Å². The summed E-state index contributed by atoms with van der Waals surface area (Å²) in [6.45, 7) is 8.43. The molecule has 0 saturated carbocycles. The van der Waals surface area contributed by atoms with Crippen LogP contribution in [0.25, 0.3) is 0 Å². The molecule has 1 heterocycles. The van der Waals surface area contributed by atoms with Crippen molar-refractivity contribution in [2.24, 2.45) is 0 Å². The number of amides is 1. The number of fused-ring (bicyclic) bond motifs is 2. The van der Waals surface area contributed by atoms with Gasteiger partial charge in [0.15, 0.2) is 0 Å². The zero-order valence-electron chi connectivity index (χ0n) is 30.2. The van der Waals surface area contributed by atoms with Crippen LogP contribution >= 0.6 is 7.82 Å². The van der Waals surface area contributed by atoms with E-state index in [4.69, 9.17) is 13.6 Å². The fourth-order valence-electron chi connectivity index (χ4n) is 5.65. The van der Waals surface area contributed by atoms with Gasteiger partial charge in [-0.25, -0.2) is 4.57 Å². The van der Waals surface area contributed by atoms with Crippen LogP contribution in [0.1, 0.15) is 74.9 Å². The number of benzene rings is 4. The van der Waals surface area contributed by atoms with E-state index in [2.05, 4.69) is 38.2 Å². The standard InChI is InChI=1S/C42H47N2O7P/c1-30(2)14-11-15-31(3)16-12-17-32(4)24-25-44-37-26-35(27-39(46)41(37)43-40-36(42(44)47)22-13-23-38(40)45)51-52(48,49-28-33-18-7-5-8-19-33)50-29-34-20-9-6-10-21-34/h5-10,13-14,16,18-24,26-27,43,45-46H,11-12,15,17,25,28-29H2,1-4H3/b31-16+,32-24+.